The lowest BCUT2D eigenvalue weighted by atomic mass is 10.3. The van der Waals surface area contributed by atoms with Crippen molar-refractivity contribution in [2.45, 2.75) is 6.54 Å². The first kappa shape index (κ1) is 15.8. The molecule has 1 aromatic carbocycles. The lowest BCUT2D eigenvalue weighted by Gasteiger charge is -2.34. The van der Waals surface area contributed by atoms with Crippen LogP contribution in [0.25, 0.3) is 11.0 Å². The first-order valence-corrected chi connectivity index (χ1v) is 8.97. The van der Waals surface area contributed by atoms with Gasteiger partial charge in [-0.05, 0) is 12.1 Å². The highest BCUT2D eigenvalue weighted by Crippen LogP contribution is 2.19. The molecule has 1 saturated heterocycles. The summed E-state index contributed by atoms with van der Waals surface area (Å²) >= 11 is 1.60. The van der Waals surface area contributed by atoms with Crippen LogP contribution in [0, 0.1) is 0 Å². The number of aromatic nitrogens is 3. The highest BCUT2D eigenvalue weighted by molar-refractivity contribution is 7.13. The second-order valence-electron chi connectivity index (χ2n) is 5.85. The van der Waals surface area contributed by atoms with E-state index in [1.807, 2.05) is 34.5 Å². The van der Waals surface area contributed by atoms with Gasteiger partial charge < -0.3 is 9.80 Å². The number of benzene rings is 1. The summed E-state index contributed by atoms with van der Waals surface area (Å²) in [7, 11) is 0. The molecule has 0 N–H and O–H groups in total. The Balaban J connectivity index is 1.48. The zero-order chi connectivity index (χ0) is 17.2. The minimum absolute atomic E-state index is 0.0408. The Hall–Kier alpha value is -2.74. The van der Waals surface area contributed by atoms with Gasteiger partial charge in [-0.2, -0.15) is 0 Å². The molecule has 0 aliphatic carbocycles. The molecule has 4 rings (SSSR count). The Morgan fingerprint density at radius 2 is 1.92 bits per heavy atom. The van der Waals surface area contributed by atoms with Gasteiger partial charge in [0.2, 0.25) is 5.91 Å². The minimum Gasteiger partial charge on any atom is -0.345 e. The summed E-state index contributed by atoms with van der Waals surface area (Å²) in [5, 5.41) is 2.94. The van der Waals surface area contributed by atoms with Gasteiger partial charge in [-0.1, -0.05) is 12.1 Å². The summed E-state index contributed by atoms with van der Waals surface area (Å²) < 4.78 is 1.50. The van der Waals surface area contributed by atoms with Gasteiger partial charge >= 0.3 is 0 Å². The van der Waals surface area contributed by atoms with Crippen LogP contribution in [0.3, 0.4) is 0 Å². The van der Waals surface area contributed by atoms with Crippen LogP contribution in [0.5, 0.6) is 0 Å². The molecule has 0 radical (unpaired) electrons. The number of anilines is 1. The number of fused-ring (bicyclic) bond motifs is 1. The molecule has 2 aromatic heterocycles. The van der Waals surface area contributed by atoms with Gasteiger partial charge in [0.25, 0.3) is 5.56 Å². The monoisotopic (exact) mass is 355 g/mol. The number of carbonyl (C=O) groups is 1. The molecule has 0 spiro atoms. The smallest absolute Gasteiger partial charge is 0.269 e. The van der Waals surface area contributed by atoms with Crippen molar-refractivity contribution >= 4 is 33.4 Å². The minimum atomic E-state index is -0.256. The molecule has 0 unspecified atom stereocenters. The predicted molar refractivity (Wildman–Crippen MR) is 96.9 cm³/mol. The Labute approximate surface area is 148 Å². The average molecular weight is 355 g/mol. The van der Waals surface area contributed by atoms with Crippen LogP contribution in [0.2, 0.25) is 0 Å². The third-order valence-corrected chi connectivity index (χ3v) is 5.20. The van der Waals surface area contributed by atoms with Gasteiger partial charge in [0.05, 0.1) is 17.2 Å². The maximum absolute atomic E-state index is 12.7. The fraction of sp³-hybridized carbons (Fsp3) is 0.294. The summed E-state index contributed by atoms with van der Waals surface area (Å²) in [6.45, 7) is 2.82. The number of thiazole rings is 1. The van der Waals surface area contributed by atoms with Crippen molar-refractivity contribution in [3.05, 3.63) is 52.4 Å². The summed E-state index contributed by atoms with van der Waals surface area (Å²) in [5.41, 5.74) is 1.14. The molecule has 1 aliphatic rings. The van der Waals surface area contributed by atoms with Gasteiger partial charge in [-0.3, -0.25) is 14.2 Å². The number of hydrogen-bond acceptors (Lipinski definition) is 6. The van der Waals surface area contributed by atoms with E-state index in [4.69, 9.17) is 0 Å². The van der Waals surface area contributed by atoms with Crippen LogP contribution >= 0.6 is 11.3 Å². The third-order valence-electron chi connectivity index (χ3n) is 4.37. The number of amides is 1. The molecule has 0 bridgehead atoms. The van der Waals surface area contributed by atoms with Crippen LogP contribution < -0.4 is 10.5 Å². The SMILES string of the molecule is O=C(Cn1c(=O)cnc2ccccc21)N1CCN(c2nccs2)CC1. The molecule has 25 heavy (non-hydrogen) atoms. The summed E-state index contributed by atoms with van der Waals surface area (Å²) in [4.78, 5) is 37.3. The van der Waals surface area contributed by atoms with Crippen LogP contribution in [0.15, 0.2) is 46.8 Å². The molecule has 7 nitrogen and oxygen atoms in total. The van der Waals surface area contributed by atoms with Crippen LogP contribution in [0.4, 0.5) is 5.13 Å². The highest BCUT2D eigenvalue weighted by Gasteiger charge is 2.23. The quantitative estimate of drug-likeness (QED) is 0.706. The number of carbonyl (C=O) groups excluding carboxylic acids is 1. The van der Waals surface area contributed by atoms with Crippen molar-refractivity contribution < 1.29 is 4.79 Å². The van der Waals surface area contributed by atoms with Crippen LogP contribution in [0.1, 0.15) is 0 Å². The van der Waals surface area contributed by atoms with Crippen LogP contribution in [-0.4, -0.2) is 51.5 Å². The number of piperazine rings is 1. The molecule has 3 heterocycles. The second-order valence-corrected chi connectivity index (χ2v) is 6.73. The number of hydrogen-bond donors (Lipinski definition) is 0. The third kappa shape index (κ3) is 3.12. The topological polar surface area (TPSA) is 71.3 Å². The van der Waals surface area contributed by atoms with Crippen molar-refractivity contribution in [2.24, 2.45) is 0 Å². The first-order chi connectivity index (χ1) is 12.2. The van der Waals surface area contributed by atoms with Crippen molar-refractivity contribution in [3.8, 4) is 0 Å². The van der Waals surface area contributed by atoms with Gasteiger partial charge in [-0.15, -0.1) is 11.3 Å². The lowest BCUT2D eigenvalue weighted by Crippen LogP contribution is -2.50. The zero-order valence-corrected chi connectivity index (χ0v) is 14.4. The van der Waals surface area contributed by atoms with E-state index < -0.39 is 0 Å². The normalized spacial score (nSPS) is 14.9. The molecule has 8 heteroatoms. The van der Waals surface area contributed by atoms with Gasteiger partial charge in [-0.25, -0.2) is 9.97 Å². The second kappa shape index (κ2) is 6.64. The van der Waals surface area contributed by atoms with Gasteiger partial charge in [0, 0.05) is 37.8 Å². The fourth-order valence-corrected chi connectivity index (χ4v) is 3.73. The highest BCUT2D eigenvalue weighted by atomic mass is 32.1. The van der Waals surface area contributed by atoms with Gasteiger partial charge in [0.15, 0.2) is 5.13 Å². The average Bonchev–Trinajstić information content (AvgIpc) is 3.19. The van der Waals surface area contributed by atoms with E-state index in [9.17, 15) is 9.59 Å². The zero-order valence-electron chi connectivity index (χ0n) is 13.5. The van der Waals surface area contributed by atoms with E-state index in [0.29, 0.717) is 24.1 Å². The number of para-hydroxylation sites is 2. The summed E-state index contributed by atoms with van der Waals surface area (Å²) in [6, 6.07) is 7.36. The van der Waals surface area contributed by atoms with Crippen molar-refractivity contribution in [1.82, 2.24) is 19.4 Å². The Morgan fingerprint density at radius 1 is 1.12 bits per heavy atom. The molecular weight excluding hydrogens is 338 g/mol. The fourth-order valence-electron chi connectivity index (χ4n) is 3.03. The molecule has 0 atom stereocenters. The summed E-state index contributed by atoms with van der Waals surface area (Å²) in [5.74, 6) is -0.0442. The predicted octanol–water partition coefficient (Wildman–Crippen LogP) is 1.20. The van der Waals surface area contributed by atoms with E-state index >= 15 is 0 Å². The summed E-state index contributed by atoms with van der Waals surface area (Å²) in [6.07, 6.45) is 3.06. The Morgan fingerprint density at radius 3 is 2.68 bits per heavy atom. The number of nitrogens with zero attached hydrogens (tertiary/aromatic N) is 5. The molecule has 1 amide bonds. The first-order valence-electron chi connectivity index (χ1n) is 8.09. The largest absolute Gasteiger partial charge is 0.345 e. The Bertz CT molecular complexity index is 945. The Kier molecular flexibility index (Phi) is 4.19. The molecule has 1 fully saturated rings. The van der Waals surface area contributed by atoms with E-state index in [1.54, 1.807) is 17.5 Å². The molecule has 1 aliphatic heterocycles. The van der Waals surface area contributed by atoms with Crippen molar-refractivity contribution in [1.29, 1.82) is 0 Å². The van der Waals surface area contributed by atoms with E-state index in [-0.39, 0.29) is 18.0 Å². The molecular formula is C17H17N5O2S. The van der Waals surface area contributed by atoms with E-state index in [1.165, 1.54) is 10.8 Å². The number of rotatable bonds is 3. The van der Waals surface area contributed by atoms with E-state index in [2.05, 4.69) is 14.9 Å². The molecule has 3 aromatic rings. The van der Waals surface area contributed by atoms with Crippen LogP contribution in [-0.2, 0) is 11.3 Å². The van der Waals surface area contributed by atoms with Gasteiger partial charge in [0.1, 0.15) is 6.54 Å². The standard InChI is InChI=1S/C17H17N5O2S/c23-15-11-19-13-3-1-2-4-14(13)22(15)12-16(24)20-6-8-21(9-7-20)17-18-5-10-25-17/h1-5,10-11H,6-9,12H2. The molecule has 128 valence electrons. The van der Waals surface area contributed by atoms with Crippen molar-refractivity contribution in [3.63, 3.8) is 0 Å². The maximum Gasteiger partial charge on any atom is 0.269 e. The maximum atomic E-state index is 12.7. The molecule has 0 saturated carbocycles. The lowest BCUT2D eigenvalue weighted by molar-refractivity contribution is -0.132. The van der Waals surface area contributed by atoms with E-state index in [0.717, 1.165) is 18.2 Å². The van der Waals surface area contributed by atoms with Crippen molar-refractivity contribution in [2.75, 3.05) is 31.1 Å².